The fourth-order valence-corrected chi connectivity index (χ4v) is 1.75. The lowest BCUT2D eigenvalue weighted by molar-refractivity contribution is 0.824. The third-order valence-corrected chi connectivity index (χ3v) is 2.47. The van der Waals surface area contributed by atoms with Crippen molar-refractivity contribution in [3.05, 3.63) is 72.8 Å². The molecule has 0 amide bonds. The minimum Gasteiger partial charge on any atom is -0.412 e. The summed E-state index contributed by atoms with van der Waals surface area (Å²) in [5, 5.41) is 0. The molecule has 2 rings (SSSR count). The molecule has 0 aliphatic heterocycles. The van der Waals surface area contributed by atoms with Crippen molar-refractivity contribution in [2.45, 2.75) is 6.42 Å². The average molecular weight is 212 g/mol. The van der Waals surface area contributed by atoms with E-state index in [9.17, 15) is 0 Å². The van der Waals surface area contributed by atoms with Gasteiger partial charge in [0.2, 0.25) is 0 Å². The fraction of sp³-hybridized carbons (Fsp3) is 0.0667. The largest absolute Gasteiger partial charge is 0.412 e. The van der Waals surface area contributed by atoms with Crippen molar-refractivity contribution in [3.63, 3.8) is 0 Å². The van der Waals surface area contributed by atoms with Crippen molar-refractivity contribution in [3.8, 4) is 11.1 Å². The summed E-state index contributed by atoms with van der Waals surface area (Å²) in [4.78, 5) is 0. The molecule has 2 aromatic rings. The number of rotatable bonds is 3. The van der Waals surface area contributed by atoms with Gasteiger partial charge in [0.05, 0.1) is 0 Å². The van der Waals surface area contributed by atoms with Gasteiger partial charge in [0.1, 0.15) is 0 Å². The SMILES string of the molecule is C=CCc1ccccc1-c1ccccc1.O. The van der Waals surface area contributed by atoms with E-state index in [1.165, 1.54) is 16.7 Å². The van der Waals surface area contributed by atoms with Crippen LogP contribution in [-0.4, -0.2) is 5.48 Å². The van der Waals surface area contributed by atoms with Crippen LogP contribution in [0.5, 0.6) is 0 Å². The summed E-state index contributed by atoms with van der Waals surface area (Å²) < 4.78 is 0. The summed E-state index contributed by atoms with van der Waals surface area (Å²) in [5.74, 6) is 0. The second kappa shape index (κ2) is 5.89. The summed E-state index contributed by atoms with van der Waals surface area (Å²) in [6, 6.07) is 18.9. The predicted octanol–water partition coefficient (Wildman–Crippen LogP) is 3.26. The van der Waals surface area contributed by atoms with Crippen molar-refractivity contribution in [1.82, 2.24) is 0 Å². The maximum atomic E-state index is 3.79. The van der Waals surface area contributed by atoms with Crippen LogP contribution in [0.3, 0.4) is 0 Å². The van der Waals surface area contributed by atoms with E-state index in [0.717, 1.165) is 6.42 Å². The molecule has 0 unspecified atom stereocenters. The van der Waals surface area contributed by atoms with Gasteiger partial charge >= 0.3 is 0 Å². The Labute approximate surface area is 96.4 Å². The van der Waals surface area contributed by atoms with E-state index in [-0.39, 0.29) is 5.48 Å². The van der Waals surface area contributed by atoms with Gasteiger partial charge in [-0.25, -0.2) is 0 Å². The molecule has 0 aliphatic carbocycles. The first-order valence-electron chi connectivity index (χ1n) is 5.16. The molecule has 82 valence electrons. The van der Waals surface area contributed by atoms with Gasteiger partial charge in [-0.05, 0) is 23.1 Å². The summed E-state index contributed by atoms with van der Waals surface area (Å²) in [6.07, 6.45) is 2.87. The quantitative estimate of drug-likeness (QED) is 0.699. The lowest BCUT2D eigenvalue weighted by atomic mass is 9.98. The highest BCUT2D eigenvalue weighted by molar-refractivity contribution is 5.67. The Morgan fingerprint density at radius 1 is 0.875 bits per heavy atom. The molecule has 1 heteroatoms. The molecule has 0 radical (unpaired) electrons. The third-order valence-electron chi connectivity index (χ3n) is 2.47. The van der Waals surface area contributed by atoms with E-state index in [0.29, 0.717) is 0 Å². The van der Waals surface area contributed by atoms with Crippen molar-refractivity contribution >= 4 is 0 Å². The average Bonchev–Trinajstić information content (AvgIpc) is 2.31. The first-order chi connectivity index (χ1) is 7.42. The summed E-state index contributed by atoms with van der Waals surface area (Å²) in [5.41, 5.74) is 3.91. The smallest absolute Gasteiger partial charge is 0.00940 e. The molecule has 0 saturated carbocycles. The molecular weight excluding hydrogens is 196 g/mol. The van der Waals surface area contributed by atoms with Gasteiger partial charge in [-0.1, -0.05) is 60.7 Å². The van der Waals surface area contributed by atoms with Crippen molar-refractivity contribution in [2.75, 3.05) is 0 Å². The van der Waals surface area contributed by atoms with E-state index in [1.54, 1.807) is 0 Å². The van der Waals surface area contributed by atoms with Crippen LogP contribution in [0.25, 0.3) is 11.1 Å². The highest BCUT2D eigenvalue weighted by Gasteiger charge is 2.01. The molecule has 2 N–H and O–H groups in total. The molecule has 0 aromatic heterocycles. The molecule has 0 fully saturated rings. The lowest BCUT2D eigenvalue weighted by Gasteiger charge is -2.07. The first kappa shape index (κ1) is 12.2. The highest BCUT2D eigenvalue weighted by Crippen LogP contribution is 2.23. The Morgan fingerprint density at radius 3 is 2.19 bits per heavy atom. The molecule has 16 heavy (non-hydrogen) atoms. The van der Waals surface area contributed by atoms with E-state index < -0.39 is 0 Å². The van der Waals surface area contributed by atoms with Crippen LogP contribution in [-0.2, 0) is 6.42 Å². The van der Waals surface area contributed by atoms with Gasteiger partial charge in [-0.3, -0.25) is 0 Å². The Morgan fingerprint density at radius 2 is 1.50 bits per heavy atom. The van der Waals surface area contributed by atoms with Gasteiger partial charge < -0.3 is 5.48 Å². The molecule has 1 nitrogen and oxygen atoms in total. The first-order valence-corrected chi connectivity index (χ1v) is 5.16. The maximum absolute atomic E-state index is 3.79. The van der Waals surface area contributed by atoms with Gasteiger partial charge in [-0.2, -0.15) is 0 Å². The fourth-order valence-electron chi connectivity index (χ4n) is 1.75. The standard InChI is InChI=1S/C15H14.H2O/c1-2-8-13-11-6-7-12-15(13)14-9-4-3-5-10-14;/h2-7,9-12H,1,8H2;1H2. The third kappa shape index (κ3) is 2.59. The molecule has 0 atom stereocenters. The lowest BCUT2D eigenvalue weighted by Crippen LogP contribution is -1.86. The van der Waals surface area contributed by atoms with Crippen LogP contribution in [0.15, 0.2) is 67.3 Å². The van der Waals surface area contributed by atoms with Gasteiger partial charge in [0.15, 0.2) is 0 Å². The zero-order valence-corrected chi connectivity index (χ0v) is 9.19. The molecule has 0 saturated heterocycles. The molecule has 2 aromatic carbocycles. The molecular formula is C15H16O. The summed E-state index contributed by atoms with van der Waals surface area (Å²) >= 11 is 0. The number of allylic oxidation sites excluding steroid dienone is 1. The van der Waals surface area contributed by atoms with Crippen molar-refractivity contribution in [2.24, 2.45) is 0 Å². The van der Waals surface area contributed by atoms with E-state index >= 15 is 0 Å². The zero-order valence-electron chi connectivity index (χ0n) is 9.19. The van der Waals surface area contributed by atoms with Crippen molar-refractivity contribution < 1.29 is 5.48 Å². The Balaban J connectivity index is 0.00000128. The zero-order chi connectivity index (χ0) is 10.5. The van der Waals surface area contributed by atoms with Crippen LogP contribution in [0.1, 0.15) is 5.56 Å². The van der Waals surface area contributed by atoms with E-state index in [1.807, 2.05) is 12.1 Å². The summed E-state index contributed by atoms with van der Waals surface area (Å²) in [7, 11) is 0. The second-order valence-electron chi connectivity index (χ2n) is 3.52. The summed E-state index contributed by atoms with van der Waals surface area (Å²) in [6.45, 7) is 3.79. The number of hydrogen-bond donors (Lipinski definition) is 0. The van der Waals surface area contributed by atoms with Crippen LogP contribution in [0.2, 0.25) is 0 Å². The molecule has 0 bridgehead atoms. The monoisotopic (exact) mass is 212 g/mol. The second-order valence-corrected chi connectivity index (χ2v) is 3.52. The minimum atomic E-state index is 0. The molecule has 0 heterocycles. The Hall–Kier alpha value is -1.86. The molecule has 0 aliphatic rings. The van der Waals surface area contributed by atoms with Gasteiger partial charge in [-0.15, -0.1) is 6.58 Å². The normalized spacial score (nSPS) is 9.25. The van der Waals surface area contributed by atoms with Gasteiger partial charge in [0, 0.05) is 0 Å². The Bertz CT molecular complexity index is 446. The topological polar surface area (TPSA) is 31.5 Å². The van der Waals surface area contributed by atoms with Gasteiger partial charge in [0.25, 0.3) is 0 Å². The van der Waals surface area contributed by atoms with E-state index in [2.05, 4.69) is 55.1 Å². The molecule has 0 spiro atoms. The van der Waals surface area contributed by atoms with Crippen molar-refractivity contribution in [1.29, 1.82) is 0 Å². The number of benzene rings is 2. The van der Waals surface area contributed by atoms with Crippen LogP contribution in [0, 0.1) is 0 Å². The predicted molar refractivity (Wildman–Crippen MR) is 69.4 cm³/mol. The highest BCUT2D eigenvalue weighted by atomic mass is 16.0. The number of hydrogen-bond acceptors (Lipinski definition) is 0. The van der Waals surface area contributed by atoms with Crippen LogP contribution in [0.4, 0.5) is 0 Å². The Kier molecular flexibility index (Phi) is 4.49. The minimum absolute atomic E-state index is 0. The van der Waals surface area contributed by atoms with Crippen LogP contribution < -0.4 is 0 Å². The van der Waals surface area contributed by atoms with Crippen LogP contribution >= 0.6 is 0 Å². The maximum Gasteiger partial charge on any atom is -0.00940 e. The van der Waals surface area contributed by atoms with E-state index in [4.69, 9.17) is 0 Å².